The van der Waals surface area contributed by atoms with Crippen molar-refractivity contribution in [1.29, 1.82) is 0 Å². The van der Waals surface area contributed by atoms with Gasteiger partial charge in [-0.05, 0) is 24.6 Å². The first-order valence-electron chi connectivity index (χ1n) is 5.70. The summed E-state index contributed by atoms with van der Waals surface area (Å²) in [7, 11) is 2.80. The number of halogens is 2. The number of carboxylic acids is 1. The van der Waals surface area contributed by atoms with Crippen LogP contribution in [0.3, 0.4) is 0 Å². The third-order valence-electron chi connectivity index (χ3n) is 2.94. The lowest BCUT2D eigenvalue weighted by Crippen LogP contribution is -2.52. The second kappa shape index (κ2) is 5.62. The summed E-state index contributed by atoms with van der Waals surface area (Å²) < 4.78 is 36.9. The molecule has 0 radical (unpaired) electrons. The fourth-order valence-electron chi connectivity index (χ4n) is 1.73. The summed E-state index contributed by atoms with van der Waals surface area (Å²) in [6, 6.07) is 4.35. The normalized spacial score (nSPS) is 14.5. The van der Waals surface area contributed by atoms with Gasteiger partial charge in [0.15, 0.2) is 11.5 Å². The summed E-state index contributed by atoms with van der Waals surface area (Å²) in [6.45, 7) is 0.776. The van der Waals surface area contributed by atoms with Gasteiger partial charge < -0.3 is 19.7 Å². The van der Waals surface area contributed by atoms with Crippen LogP contribution in [0.5, 0.6) is 11.5 Å². The number of carbonyl (C=O) groups is 1. The van der Waals surface area contributed by atoms with Gasteiger partial charge in [-0.15, -0.1) is 0 Å². The average molecular weight is 290 g/mol. The number of aliphatic carboxylic acids is 1. The van der Waals surface area contributed by atoms with Gasteiger partial charge in [-0.3, -0.25) is 0 Å². The third kappa shape index (κ3) is 2.98. The molecule has 1 atom stereocenters. The minimum Gasteiger partial charge on any atom is -0.493 e. The van der Waals surface area contributed by atoms with Gasteiger partial charge in [0.25, 0.3) is 0 Å². The van der Waals surface area contributed by atoms with Crippen LogP contribution in [-0.4, -0.2) is 41.9 Å². The highest BCUT2D eigenvalue weighted by Gasteiger charge is 2.55. The number of hydrogen-bond acceptors (Lipinski definition) is 4. The Morgan fingerprint density at radius 3 is 2.25 bits per heavy atom. The molecule has 5 nitrogen and oxygen atoms in total. The molecule has 0 aromatic heterocycles. The number of rotatable bonds is 6. The van der Waals surface area contributed by atoms with Crippen molar-refractivity contribution in [2.24, 2.45) is 0 Å². The van der Waals surface area contributed by atoms with Crippen molar-refractivity contribution >= 4 is 5.97 Å². The molecule has 1 unspecified atom stereocenters. The fourth-order valence-corrected chi connectivity index (χ4v) is 1.73. The van der Waals surface area contributed by atoms with Crippen LogP contribution in [0, 0.1) is 0 Å². The largest absolute Gasteiger partial charge is 0.493 e. The highest BCUT2D eigenvalue weighted by Crippen LogP contribution is 2.34. The molecule has 0 aliphatic rings. The molecule has 1 aromatic rings. The topological polar surface area (TPSA) is 76.0 Å². The van der Waals surface area contributed by atoms with Crippen LogP contribution in [0.2, 0.25) is 0 Å². The van der Waals surface area contributed by atoms with Crippen molar-refractivity contribution in [3.8, 4) is 11.5 Å². The number of hydrogen-bond donors (Lipinski definition) is 2. The Labute approximate surface area is 114 Å². The molecule has 1 aromatic carbocycles. The molecular formula is C13H16F2O5. The molecule has 0 fully saturated rings. The Balaban J connectivity index is 3.07. The van der Waals surface area contributed by atoms with E-state index in [2.05, 4.69) is 0 Å². The van der Waals surface area contributed by atoms with E-state index in [4.69, 9.17) is 14.6 Å². The van der Waals surface area contributed by atoms with E-state index in [0.29, 0.717) is 17.1 Å². The zero-order chi connectivity index (χ0) is 15.6. The van der Waals surface area contributed by atoms with Crippen LogP contribution < -0.4 is 9.47 Å². The van der Waals surface area contributed by atoms with Crippen LogP contribution in [0.15, 0.2) is 18.2 Å². The first-order chi connectivity index (χ1) is 9.15. The molecular weight excluding hydrogens is 274 g/mol. The summed E-state index contributed by atoms with van der Waals surface area (Å²) in [4.78, 5) is 10.5. The second-order valence-electron chi connectivity index (χ2n) is 4.52. The second-order valence-corrected chi connectivity index (χ2v) is 4.52. The van der Waals surface area contributed by atoms with E-state index in [1.165, 1.54) is 32.4 Å². The first-order valence-corrected chi connectivity index (χ1v) is 5.70. The van der Waals surface area contributed by atoms with E-state index >= 15 is 0 Å². The van der Waals surface area contributed by atoms with Gasteiger partial charge in [-0.2, -0.15) is 8.78 Å². The van der Waals surface area contributed by atoms with Crippen molar-refractivity contribution in [1.82, 2.24) is 0 Å². The Morgan fingerprint density at radius 2 is 1.80 bits per heavy atom. The van der Waals surface area contributed by atoms with E-state index in [-0.39, 0.29) is 0 Å². The molecule has 0 spiro atoms. The monoisotopic (exact) mass is 290 g/mol. The van der Waals surface area contributed by atoms with Gasteiger partial charge in [0.1, 0.15) is 5.60 Å². The molecule has 0 heterocycles. The summed E-state index contributed by atoms with van der Waals surface area (Å²) in [5.41, 5.74) is -2.42. The Kier molecular flexibility index (Phi) is 4.54. The summed E-state index contributed by atoms with van der Waals surface area (Å²) >= 11 is 0. The van der Waals surface area contributed by atoms with Crippen LogP contribution in [0.25, 0.3) is 0 Å². The van der Waals surface area contributed by atoms with Crippen molar-refractivity contribution < 1.29 is 33.3 Å². The number of ether oxygens (including phenoxy) is 2. The first kappa shape index (κ1) is 16.2. The summed E-state index contributed by atoms with van der Waals surface area (Å²) in [6.07, 6.45) is -0.549. The zero-order valence-electron chi connectivity index (χ0n) is 11.3. The SMILES string of the molecule is COc1ccc(CC(C)(O)C(F)(F)C(=O)O)cc1OC. The van der Waals surface area contributed by atoms with E-state index in [0.717, 1.165) is 6.92 Å². The van der Waals surface area contributed by atoms with Crippen molar-refractivity contribution in [3.63, 3.8) is 0 Å². The molecule has 0 bridgehead atoms. The quantitative estimate of drug-likeness (QED) is 0.834. The summed E-state index contributed by atoms with van der Waals surface area (Å²) in [5.74, 6) is -5.93. The van der Waals surface area contributed by atoms with Crippen LogP contribution >= 0.6 is 0 Å². The fraction of sp³-hybridized carbons (Fsp3) is 0.462. The van der Waals surface area contributed by atoms with Crippen molar-refractivity contribution in [3.05, 3.63) is 23.8 Å². The zero-order valence-corrected chi connectivity index (χ0v) is 11.3. The third-order valence-corrected chi connectivity index (χ3v) is 2.94. The lowest BCUT2D eigenvalue weighted by Gasteiger charge is -2.29. The van der Waals surface area contributed by atoms with Gasteiger partial charge in [-0.25, -0.2) is 4.79 Å². The smallest absolute Gasteiger partial charge is 0.377 e. The van der Waals surface area contributed by atoms with E-state index in [9.17, 15) is 18.7 Å². The molecule has 7 heteroatoms. The highest BCUT2D eigenvalue weighted by molar-refractivity contribution is 5.77. The maximum atomic E-state index is 13.4. The summed E-state index contributed by atoms with van der Waals surface area (Å²) in [5, 5.41) is 18.2. The lowest BCUT2D eigenvalue weighted by atomic mass is 9.90. The molecule has 2 N–H and O–H groups in total. The Bertz CT molecular complexity index is 500. The van der Waals surface area contributed by atoms with Crippen LogP contribution in [-0.2, 0) is 11.2 Å². The van der Waals surface area contributed by atoms with Crippen LogP contribution in [0.1, 0.15) is 12.5 Å². The Morgan fingerprint density at radius 1 is 1.25 bits per heavy atom. The molecule has 112 valence electrons. The van der Waals surface area contributed by atoms with Gasteiger partial charge in [0, 0.05) is 6.42 Å². The van der Waals surface area contributed by atoms with Gasteiger partial charge in [0.05, 0.1) is 14.2 Å². The number of methoxy groups -OCH3 is 2. The molecule has 0 saturated heterocycles. The number of aliphatic hydroxyl groups is 1. The highest BCUT2D eigenvalue weighted by atomic mass is 19.3. The molecule has 0 amide bonds. The molecule has 20 heavy (non-hydrogen) atoms. The molecule has 0 saturated carbocycles. The molecule has 0 aliphatic heterocycles. The minimum atomic E-state index is -4.26. The van der Waals surface area contributed by atoms with E-state index in [1.807, 2.05) is 0 Å². The van der Waals surface area contributed by atoms with Crippen molar-refractivity contribution in [2.45, 2.75) is 24.9 Å². The van der Waals surface area contributed by atoms with E-state index < -0.39 is 23.9 Å². The maximum Gasteiger partial charge on any atom is 0.377 e. The number of benzene rings is 1. The maximum absolute atomic E-state index is 13.4. The lowest BCUT2D eigenvalue weighted by molar-refractivity contribution is -0.203. The average Bonchev–Trinajstić information content (AvgIpc) is 2.37. The van der Waals surface area contributed by atoms with Gasteiger partial charge in [0.2, 0.25) is 0 Å². The van der Waals surface area contributed by atoms with Crippen molar-refractivity contribution in [2.75, 3.05) is 14.2 Å². The minimum absolute atomic E-state index is 0.300. The van der Waals surface area contributed by atoms with Gasteiger partial charge in [-0.1, -0.05) is 6.07 Å². The van der Waals surface area contributed by atoms with Gasteiger partial charge >= 0.3 is 11.9 Å². The standard InChI is InChI=1S/C13H16F2O5/c1-12(18,13(14,15)11(16)17)7-8-4-5-9(19-2)10(6-8)20-3/h4-6,18H,7H2,1-3H3,(H,16,17). The molecule has 1 rings (SSSR count). The predicted molar refractivity (Wildman–Crippen MR) is 66.5 cm³/mol. The Hall–Kier alpha value is -1.89. The number of alkyl halides is 2. The number of carboxylic acid groups (broad SMARTS) is 1. The molecule has 0 aliphatic carbocycles. The van der Waals surface area contributed by atoms with Crippen LogP contribution in [0.4, 0.5) is 8.78 Å². The van der Waals surface area contributed by atoms with E-state index in [1.54, 1.807) is 0 Å². The predicted octanol–water partition coefficient (Wildman–Crippen LogP) is 1.72.